The average Bonchev–Trinajstić information content (AvgIpc) is 3.24. The summed E-state index contributed by atoms with van der Waals surface area (Å²) in [7, 11) is 0. The van der Waals surface area contributed by atoms with Crippen LogP contribution in [0, 0.1) is 0 Å². The predicted octanol–water partition coefficient (Wildman–Crippen LogP) is 12.7. The third-order valence-corrected chi connectivity index (χ3v) is 9.62. The lowest BCUT2D eigenvalue weighted by Crippen LogP contribution is -1.92. The molecule has 0 bridgehead atoms. The number of fused-ring (bicyclic) bond motifs is 1. The SMILES string of the molecule is c1ccc(-c2cccc(-c3cccc(-c4cccc(-c5cccc(-c6cc(-c7cc(-c8ccncc8)ccn7)c7ccccc7n6)c5)c4)c3)c2)cc1. The molecule has 0 fully saturated rings. The minimum Gasteiger partial charge on any atom is -0.265 e. The fraction of sp³-hybridized carbons (Fsp3) is 0. The molecule has 0 atom stereocenters. The normalized spacial score (nSPS) is 11.1. The summed E-state index contributed by atoms with van der Waals surface area (Å²) < 4.78 is 0. The van der Waals surface area contributed by atoms with Crippen molar-refractivity contribution in [2.24, 2.45) is 0 Å². The van der Waals surface area contributed by atoms with Crippen LogP contribution in [0.1, 0.15) is 0 Å². The summed E-state index contributed by atoms with van der Waals surface area (Å²) in [5, 5.41) is 1.07. The van der Waals surface area contributed by atoms with Crippen molar-refractivity contribution in [1.82, 2.24) is 15.0 Å². The highest BCUT2D eigenvalue weighted by molar-refractivity contribution is 5.96. The number of nitrogens with zero attached hydrogens (tertiary/aromatic N) is 3. The first-order valence-corrected chi connectivity index (χ1v) is 17.5. The summed E-state index contributed by atoms with van der Waals surface area (Å²) in [5.74, 6) is 0. The summed E-state index contributed by atoms with van der Waals surface area (Å²) in [5.41, 5.74) is 16.6. The van der Waals surface area contributed by atoms with Gasteiger partial charge >= 0.3 is 0 Å². The van der Waals surface area contributed by atoms with Crippen molar-refractivity contribution in [3.63, 3.8) is 0 Å². The van der Waals surface area contributed by atoms with Crippen LogP contribution >= 0.6 is 0 Å². The first kappa shape index (κ1) is 31.0. The van der Waals surface area contributed by atoms with E-state index in [0.717, 1.165) is 55.7 Å². The zero-order valence-electron chi connectivity index (χ0n) is 28.4. The largest absolute Gasteiger partial charge is 0.265 e. The first-order chi connectivity index (χ1) is 25.7. The minimum atomic E-state index is 0.909. The van der Waals surface area contributed by atoms with Gasteiger partial charge in [0.25, 0.3) is 0 Å². The maximum absolute atomic E-state index is 5.14. The van der Waals surface area contributed by atoms with Gasteiger partial charge in [-0.2, -0.15) is 0 Å². The Hall–Kier alpha value is -6.97. The van der Waals surface area contributed by atoms with Crippen molar-refractivity contribution < 1.29 is 0 Å². The van der Waals surface area contributed by atoms with Crippen molar-refractivity contribution in [1.29, 1.82) is 0 Å². The Morgan fingerprint density at radius 2 is 0.731 bits per heavy atom. The molecule has 6 aromatic carbocycles. The second kappa shape index (κ2) is 13.7. The molecular formula is C49H33N3. The Bertz CT molecular complexity index is 2680. The molecule has 0 aliphatic heterocycles. The third kappa shape index (κ3) is 6.28. The molecule has 3 nitrogen and oxygen atoms in total. The van der Waals surface area contributed by atoms with Gasteiger partial charge in [0.2, 0.25) is 0 Å². The number of benzene rings is 6. The molecule has 0 saturated carbocycles. The molecular weight excluding hydrogens is 631 g/mol. The zero-order chi connectivity index (χ0) is 34.7. The van der Waals surface area contributed by atoms with Crippen LogP contribution < -0.4 is 0 Å². The molecule has 244 valence electrons. The number of aromatic nitrogens is 3. The average molecular weight is 664 g/mol. The second-order valence-electron chi connectivity index (χ2n) is 12.9. The van der Waals surface area contributed by atoms with Crippen LogP contribution in [0.3, 0.4) is 0 Å². The monoisotopic (exact) mass is 663 g/mol. The quantitative estimate of drug-likeness (QED) is 0.170. The molecule has 0 aliphatic carbocycles. The van der Waals surface area contributed by atoms with E-state index in [-0.39, 0.29) is 0 Å². The van der Waals surface area contributed by atoms with Crippen molar-refractivity contribution in [3.05, 3.63) is 201 Å². The molecule has 0 amide bonds. The molecule has 0 spiro atoms. The van der Waals surface area contributed by atoms with Crippen LogP contribution in [0.15, 0.2) is 201 Å². The third-order valence-electron chi connectivity index (χ3n) is 9.62. The molecule has 0 N–H and O–H groups in total. The molecule has 0 saturated heterocycles. The van der Waals surface area contributed by atoms with E-state index in [2.05, 4.69) is 163 Å². The molecule has 0 radical (unpaired) electrons. The van der Waals surface area contributed by atoms with Crippen molar-refractivity contribution >= 4 is 10.9 Å². The van der Waals surface area contributed by atoms with Gasteiger partial charge in [0, 0.05) is 35.1 Å². The van der Waals surface area contributed by atoms with Gasteiger partial charge in [-0.1, -0.05) is 121 Å². The summed E-state index contributed by atoms with van der Waals surface area (Å²) in [6, 6.07) is 64.4. The van der Waals surface area contributed by atoms with Gasteiger partial charge in [-0.25, -0.2) is 4.98 Å². The van der Waals surface area contributed by atoms with Gasteiger partial charge < -0.3 is 0 Å². The molecule has 0 unspecified atom stereocenters. The summed E-state index contributed by atoms with van der Waals surface area (Å²) in [6.07, 6.45) is 5.52. The fourth-order valence-electron chi connectivity index (χ4n) is 6.96. The first-order valence-electron chi connectivity index (χ1n) is 17.5. The Balaban J connectivity index is 1.06. The Kier molecular flexibility index (Phi) is 8.20. The number of pyridine rings is 3. The molecule has 3 heterocycles. The van der Waals surface area contributed by atoms with Crippen molar-refractivity contribution in [2.45, 2.75) is 0 Å². The Labute approximate surface area is 303 Å². The van der Waals surface area contributed by atoms with Crippen LogP contribution in [0.2, 0.25) is 0 Å². The minimum absolute atomic E-state index is 0.909. The van der Waals surface area contributed by atoms with Crippen LogP contribution in [-0.4, -0.2) is 15.0 Å². The fourth-order valence-corrected chi connectivity index (χ4v) is 6.96. The molecule has 9 rings (SSSR count). The predicted molar refractivity (Wildman–Crippen MR) is 215 cm³/mol. The molecule has 3 heteroatoms. The topological polar surface area (TPSA) is 38.7 Å². The smallest absolute Gasteiger partial charge is 0.0716 e. The van der Waals surface area contributed by atoms with E-state index in [0.29, 0.717) is 0 Å². The number of para-hydroxylation sites is 1. The number of hydrogen-bond donors (Lipinski definition) is 0. The second-order valence-corrected chi connectivity index (χ2v) is 12.9. The van der Waals surface area contributed by atoms with Crippen LogP contribution in [-0.2, 0) is 0 Å². The van der Waals surface area contributed by atoms with Crippen molar-refractivity contribution in [2.75, 3.05) is 0 Å². The van der Waals surface area contributed by atoms with Gasteiger partial charge in [-0.05, 0) is 116 Å². The van der Waals surface area contributed by atoms with Gasteiger partial charge in [0.1, 0.15) is 0 Å². The van der Waals surface area contributed by atoms with Crippen LogP contribution in [0.4, 0.5) is 0 Å². The van der Waals surface area contributed by atoms with E-state index in [1.165, 1.54) is 33.4 Å². The van der Waals surface area contributed by atoms with E-state index in [1.807, 2.05) is 42.9 Å². The van der Waals surface area contributed by atoms with Crippen molar-refractivity contribution in [3.8, 4) is 78.1 Å². The zero-order valence-corrected chi connectivity index (χ0v) is 28.4. The van der Waals surface area contributed by atoms with E-state index in [1.54, 1.807) is 0 Å². The molecule has 0 aliphatic rings. The maximum atomic E-state index is 5.14. The number of rotatable bonds is 7. The molecule has 9 aromatic rings. The van der Waals surface area contributed by atoms with Gasteiger partial charge in [0.05, 0.1) is 16.9 Å². The summed E-state index contributed by atoms with van der Waals surface area (Å²) in [4.78, 5) is 14.2. The number of hydrogen-bond acceptors (Lipinski definition) is 3. The van der Waals surface area contributed by atoms with E-state index in [9.17, 15) is 0 Å². The lowest BCUT2D eigenvalue weighted by atomic mass is 9.94. The van der Waals surface area contributed by atoms with Gasteiger partial charge in [-0.15, -0.1) is 0 Å². The highest BCUT2D eigenvalue weighted by atomic mass is 14.7. The van der Waals surface area contributed by atoms with Crippen LogP contribution in [0.5, 0.6) is 0 Å². The van der Waals surface area contributed by atoms with E-state index in [4.69, 9.17) is 9.97 Å². The summed E-state index contributed by atoms with van der Waals surface area (Å²) in [6.45, 7) is 0. The maximum Gasteiger partial charge on any atom is 0.0716 e. The molecule has 52 heavy (non-hydrogen) atoms. The van der Waals surface area contributed by atoms with Gasteiger partial charge in [0.15, 0.2) is 0 Å². The highest BCUT2D eigenvalue weighted by Crippen LogP contribution is 2.36. The van der Waals surface area contributed by atoms with Crippen LogP contribution in [0.25, 0.3) is 89.1 Å². The van der Waals surface area contributed by atoms with E-state index < -0.39 is 0 Å². The van der Waals surface area contributed by atoms with Gasteiger partial charge in [-0.3, -0.25) is 9.97 Å². The Morgan fingerprint density at radius 3 is 1.35 bits per heavy atom. The lowest BCUT2D eigenvalue weighted by Gasteiger charge is -2.12. The standard InChI is InChI=1S/C49H33N3/c1-2-10-34(11-3-1)36-12-6-13-37(28-36)38-14-7-15-39(29-38)40-16-8-17-41(30-40)42-18-9-19-44(31-42)48-33-46(45-20-4-5-21-47(45)52-48)49-32-43(24-27-51-49)35-22-25-50-26-23-35/h1-33H. The highest BCUT2D eigenvalue weighted by Gasteiger charge is 2.13. The Morgan fingerprint density at radius 1 is 0.288 bits per heavy atom. The molecule has 3 aromatic heterocycles. The summed E-state index contributed by atoms with van der Waals surface area (Å²) >= 11 is 0. The van der Waals surface area contributed by atoms with E-state index >= 15 is 0 Å². The lowest BCUT2D eigenvalue weighted by molar-refractivity contribution is 1.30.